The second kappa shape index (κ2) is 17.0. The van der Waals surface area contributed by atoms with Gasteiger partial charge in [-0.05, 0) is 35.2 Å². The van der Waals surface area contributed by atoms with Gasteiger partial charge in [0, 0.05) is 44.7 Å². The lowest BCUT2D eigenvalue weighted by atomic mass is 10.0. The molecule has 0 saturated heterocycles. The Bertz CT molecular complexity index is 1840. The molecule has 2 atom stereocenters. The zero-order valence-corrected chi connectivity index (χ0v) is 28.1. The molecular weight excluding hydrogens is 640 g/mol. The van der Waals surface area contributed by atoms with Crippen LogP contribution in [-0.2, 0) is 40.2 Å². The van der Waals surface area contributed by atoms with E-state index in [1.807, 2.05) is 50.2 Å². The van der Waals surface area contributed by atoms with Gasteiger partial charge in [0.05, 0.1) is 18.7 Å². The highest BCUT2D eigenvalue weighted by molar-refractivity contribution is 5.93. The number of aromatic nitrogens is 4. The predicted octanol–water partition coefficient (Wildman–Crippen LogP) is 1.27. The van der Waals surface area contributed by atoms with Crippen LogP contribution in [0.2, 0.25) is 0 Å². The Morgan fingerprint density at radius 3 is 2.50 bits per heavy atom. The fourth-order valence-electron chi connectivity index (χ4n) is 5.57. The fraction of sp³-hybridized carbons (Fsp3) is 0.361. The minimum Gasteiger partial charge on any atom is -0.492 e. The first-order chi connectivity index (χ1) is 24.1. The molecule has 1 aliphatic heterocycles. The van der Waals surface area contributed by atoms with E-state index in [0.717, 1.165) is 5.56 Å². The minimum absolute atomic E-state index is 0.0279. The van der Waals surface area contributed by atoms with E-state index < -0.39 is 35.4 Å². The second-order valence-corrected chi connectivity index (χ2v) is 12.4. The van der Waals surface area contributed by atoms with E-state index in [4.69, 9.17) is 4.74 Å². The summed E-state index contributed by atoms with van der Waals surface area (Å²) in [5, 5.41) is 17.0. The van der Waals surface area contributed by atoms with Crippen molar-refractivity contribution >= 4 is 23.6 Å². The number of hydrogen-bond donors (Lipinski definition) is 4. The summed E-state index contributed by atoms with van der Waals surface area (Å²) in [5.41, 5.74) is 1.89. The van der Waals surface area contributed by atoms with Crippen molar-refractivity contribution in [1.82, 2.24) is 40.8 Å². The number of pyridine rings is 1. The number of benzene rings is 2. The summed E-state index contributed by atoms with van der Waals surface area (Å²) in [7, 11) is 0. The van der Waals surface area contributed by atoms with E-state index >= 15 is 0 Å². The van der Waals surface area contributed by atoms with E-state index in [2.05, 4.69) is 31.2 Å². The van der Waals surface area contributed by atoms with Crippen molar-refractivity contribution in [1.29, 1.82) is 0 Å². The lowest BCUT2D eigenvalue weighted by Gasteiger charge is -2.26. The van der Waals surface area contributed by atoms with Crippen molar-refractivity contribution in [3.05, 3.63) is 112 Å². The number of nitrogens with zero attached hydrogens (tertiary/aromatic N) is 4. The summed E-state index contributed by atoms with van der Waals surface area (Å²) in [6.07, 6.45) is 2.37. The summed E-state index contributed by atoms with van der Waals surface area (Å²) in [6, 6.07) is 18.9. The number of amides is 4. The third kappa shape index (κ3) is 10.1. The van der Waals surface area contributed by atoms with E-state index in [9.17, 15) is 24.0 Å². The molecule has 2 aromatic heterocycles. The van der Waals surface area contributed by atoms with E-state index in [0.29, 0.717) is 36.6 Å². The Labute approximate surface area is 289 Å². The van der Waals surface area contributed by atoms with Gasteiger partial charge in [-0.2, -0.15) is 0 Å². The Morgan fingerprint density at radius 1 is 0.920 bits per heavy atom. The highest BCUT2D eigenvalue weighted by Gasteiger charge is 2.29. The van der Waals surface area contributed by atoms with Gasteiger partial charge >= 0.3 is 0 Å². The standard InChI is InChI=1S/C36H42N8O6/c1-24(2)33-35(48)39-30(21-25-8-4-3-5-9-25)34(47)37-15-17-43(36(49)29-12-7-13-31(45)38-29)16-14-27-23-44(42-41-27)18-19-50-28-11-6-10-26(20-28)22-32(46)40-33/h3-13,20,23-24,30,33H,14-19,21-22H2,1-2H3,(H,37,47)(H,38,45)(H,39,48)(H,40,46)/t30-,33+/m0/s1. The zero-order valence-electron chi connectivity index (χ0n) is 28.1. The van der Waals surface area contributed by atoms with Gasteiger partial charge in [0.2, 0.25) is 23.3 Å². The van der Waals surface area contributed by atoms with Crippen LogP contribution in [0.15, 0.2) is 83.8 Å². The van der Waals surface area contributed by atoms with Crippen LogP contribution in [0.1, 0.15) is 41.2 Å². The summed E-state index contributed by atoms with van der Waals surface area (Å²) in [5.74, 6) is -1.40. The van der Waals surface area contributed by atoms with Gasteiger partial charge in [-0.3, -0.25) is 24.0 Å². The zero-order chi connectivity index (χ0) is 35.5. The molecule has 262 valence electrons. The smallest absolute Gasteiger partial charge is 0.270 e. The van der Waals surface area contributed by atoms with Gasteiger partial charge in [-0.1, -0.05) is 67.6 Å². The summed E-state index contributed by atoms with van der Waals surface area (Å²) < 4.78 is 7.57. The van der Waals surface area contributed by atoms with Crippen LogP contribution in [0.25, 0.3) is 0 Å². The van der Waals surface area contributed by atoms with Crippen LogP contribution >= 0.6 is 0 Å². The first-order valence-corrected chi connectivity index (χ1v) is 16.7. The molecule has 14 nitrogen and oxygen atoms in total. The molecular formula is C36H42N8O6. The molecule has 0 saturated carbocycles. The number of H-pyrrole nitrogens is 1. The maximum Gasteiger partial charge on any atom is 0.270 e. The molecule has 0 aliphatic carbocycles. The quantitative estimate of drug-likeness (QED) is 0.248. The monoisotopic (exact) mass is 682 g/mol. The fourth-order valence-corrected chi connectivity index (χ4v) is 5.57. The van der Waals surface area contributed by atoms with Gasteiger partial charge in [-0.25, -0.2) is 4.68 Å². The predicted molar refractivity (Wildman–Crippen MR) is 184 cm³/mol. The first-order valence-electron chi connectivity index (χ1n) is 16.7. The number of carbonyl (C=O) groups excluding carboxylic acids is 4. The highest BCUT2D eigenvalue weighted by Crippen LogP contribution is 2.15. The van der Waals surface area contributed by atoms with Crippen LogP contribution < -0.4 is 26.2 Å². The molecule has 4 aromatic rings. The lowest BCUT2D eigenvalue weighted by Crippen LogP contribution is -2.56. The Balaban J connectivity index is 1.40. The van der Waals surface area contributed by atoms with Gasteiger partial charge in [0.15, 0.2) is 0 Å². The molecule has 1 aliphatic rings. The average Bonchev–Trinajstić information content (AvgIpc) is 3.55. The number of aromatic amines is 1. The maximum atomic E-state index is 13.7. The van der Waals surface area contributed by atoms with Gasteiger partial charge in [-0.15, -0.1) is 5.10 Å². The molecule has 0 unspecified atom stereocenters. The van der Waals surface area contributed by atoms with Crippen molar-refractivity contribution in [2.45, 2.75) is 51.7 Å². The molecule has 0 spiro atoms. The SMILES string of the molecule is CC(C)[C@H]1NC(=O)Cc2cccc(c2)OCCn2cc(nn2)CCN(C(=O)c2cccc(=O)[nH]2)CCNC(=O)[C@H](Cc2ccccc2)NC1=O. The Kier molecular flexibility index (Phi) is 12.1. The Morgan fingerprint density at radius 2 is 1.72 bits per heavy atom. The molecule has 0 fully saturated rings. The van der Waals surface area contributed by atoms with Crippen molar-refractivity contribution in [2.24, 2.45) is 5.92 Å². The van der Waals surface area contributed by atoms with Crippen molar-refractivity contribution < 1.29 is 23.9 Å². The maximum absolute atomic E-state index is 13.7. The molecule has 4 N–H and O–H groups in total. The normalized spacial score (nSPS) is 18.4. The second-order valence-electron chi connectivity index (χ2n) is 12.4. The molecule has 50 heavy (non-hydrogen) atoms. The number of nitrogens with one attached hydrogen (secondary N) is 4. The van der Waals surface area contributed by atoms with Crippen molar-refractivity contribution in [3.63, 3.8) is 0 Å². The largest absolute Gasteiger partial charge is 0.492 e. The summed E-state index contributed by atoms with van der Waals surface area (Å²) >= 11 is 0. The molecule has 4 amide bonds. The number of rotatable bonds is 4. The Hall–Kier alpha value is -5.79. The molecule has 14 heteroatoms. The number of hydrogen-bond acceptors (Lipinski definition) is 8. The number of fused-ring (bicyclic) bond motifs is 4. The van der Waals surface area contributed by atoms with Gasteiger partial charge in [0.1, 0.15) is 30.1 Å². The molecule has 3 heterocycles. The summed E-state index contributed by atoms with van der Waals surface area (Å²) in [6.45, 7) is 4.75. The summed E-state index contributed by atoms with van der Waals surface area (Å²) in [4.78, 5) is 70.1. The highest BCUT2D eigenvalue weighted by atomic mass is 16.5. The van der Waals surface area contributed by atoms with E-state index in [1.54, 1.807) is 29.1 Å². The van der Waals surface area contributed by atoms with Crippen molar-refractivity contribution in [3.8, 4) is 5.75 Å². The number of ether oxygens (including phenoxy) is 1. The minimum atomic E-state index is -0.969. The van der Waals surface area contributed by atoms with Crippen molar-refractivity contribution in [2.75, 3.05) is 26.2 Å². The van der Waals surface area contributed by atoms with Crippen LogP contribution in [-0.4, -0.2) is 86.8 Å². The van der Waals surface area contributed by atoms with Gasteiger partial charge in [0.25, 0.3) is 5.91 Å². The van der Waals surface area contributed by atoms with E-state index in [-0.39, 0.29) is 50.0 Å². The lowest BCUT2D eigenvalue weighted by molar-refractivity contribution is -0.132. The third-order valence-corrected chi connectivity index (χ3v) is 8.22. The number of carbonyl (C=O) groups is 4. The van der Waals surface area contributed by atoms with Crippen LogP contribution in [0.5, 0.6) is 5.75 Å². The van der Waals surface area contributed by atoms with Gasteiger partial charge < -0.3 is 30.6 Å². The topological polar surface area (TPSA) is 180 Å². The molecule has 2 aromatic carbocycles. The van der Waals surface area contributed by atoms with E-state index in [1.165, 1.54) is 23.1 Å². The molecule has 0 radical (unpaired) electrons. The van der Waals surface area contributed by atoms with Crippen LogP contribution in [0.4, 0.5) is 0 Å². The average molecular weight is 683 g/mol. The van der Waals surface area contributed by atoms with Crippen LogP contribution in [0, 0.1) is 5.92 Å². The molecule has 5 rings (SSSR count). The van der Waals surface area contributed by atoms with Crippen LogP contribution in [0.3, 0.4) is 0 Å². The first kappa shape index (κ1) is 35.5. The third-order valence-electron chi connectivity index (χ3n) is 8.22. The molecule has 4 bridgehead atoms.